The smallest absolute Gasteiger partial charge is 0.0240 e. The fourth-order valence-electron chi connectivity index (χ4n) is 6.86. The van der Waals surface area contributed by atoms with E-state index in [4.69, 9.17) is 0 Å². The summed E-state index contributed by atoms with van der Waals surface area (Å²) in [6.45, 7) is 14.1. The molecule has 0 amide bonds. The molecule has 26 heavy (non-hydrogen) atoms. The average molecular weight is 363 g/mol. The van der Waals surface area contributed by atoms with Crippen molar-refractivity contribution in [2.75, 3.05) is 59.9 Å². The van der Waals surface area contributed by atoms with Crippen LogP contribution in [0.15, 0.2) is 0 Å². The lowest BCUT2D eigenvalue weighted by Crippen LogP contribution is -2.58. The van der Waals surface area contributed by atoms with Gasteiger partial charge >= 0.3 is 0 Å². The van der Waals surface area contributed by atoms with Gasteiger partial charge in [-0.25, -0.2) is 0 Å². The Morgan fingerprint density at radius 3 is 2.00 bits per heavy atom. The van der Waals surface area contributed by atoms with Crippen molar-refractivity contribution in [3.05, 3.63) is 0 Å². The van der Waals surface area contributed by atoms with Crippen molar-refractivity contribution >= 4 is 0 Å². The van der Waals surface area contributed by atoms with Crippen LogP contribution in [0.3, 0.4) is 0 Å². The van der Waals surface area contributed by atoms with Crippen LogP contribution >= 0.6 is 0 Å². The summed E-state index contributed by atoms with van der Waals surface area (Å²) in [5.41, 5.74) is 1.17. The predicted molar refractivity (Wildman–Crippen MR) is 110 cm³/mol. The van der Waals surface area contributed by atoms with E-state index in [-0.39, 0.29) is 0 Å². The van der Waals surface area contributed by atoms with Gasteiger partial charge in [-0.15, -0.1) is 0 Å². The van der Waals surface area contributed by atoms with Gasteiger partial charge in [0.15, 0.2) is 0 Å². The van der Waals surface area contributed by atoms with E-state index < -0.39 is 0 Å². The molecule has 4 rings (SSSR count). The zero-order chi connectivity index (χ0) is 18.4. The van der Waals surface area contributed by atoms with Crippen molar-refractivity contribution in [2.24, 2.45) is 5.41 Å². The highest BCUT2D eigenvalue weighted by Crippen LogP contribution is 2.44. The molecule has 4 nitrogen and oxygen atoms in total. The van der Waals surface area contributed by atoms with Crippen LogP contribution in [0.25, 0.3) is 0 Å². The minimum absolute atomic E-state index is 0.510. The molecule has 0 N–H and O–H groups in total. The molecule has 150 valence electrons. The number of hydrogen-bond donors (Lipinski definition) is 0. The van der Waals surface area contributed by atoms with Crippen molar-refractivity contribution < 1.29 is 0 Å². The zero-order valence-electron chi connectivity index (χ0n) is 17.8. The summed E-state index contributed by atoms with van der Waals surface area (Å²) in [5.74, 6) is 0. The summed E-state index contributed by atoms with van der Waals surface area (Å²) >= 11 is 0. The normalized spacial score (nSPS) is 33.8. The third kappa shape index (κ3) is 3.59. The highest BCUT2D eigenvalue weighted by atomic mass is 15.3. The molecule has 4 fully saturated rings. The maximum atomic E-state index is 2.97. The maximum absolute atomic E-state index is 2.97. The average Bonchev–Trinajstić information content (AvgIpc) is 3.14. The van der Waals surface area contributed by atoms with Gasteiger partial charge in [0.1, 0.15) is 0 Å². The minimum atomic E-state index is 0.510. The van der Waals surface area contributed by atoms with Gasteiger partial charge in [0, 0.05) is 30.7 Å². The van der Waals surface area contributed by atoms with E-state index in [0.29, 0.717) is 17.0 Å². The standard InChI is InChI=1S/C22H42N4/c1-19(2)26-20(5-6-22(26)10-13-23(3)14-11-22)17-25-15-8-21(9-16-25)7-12-24(4)18-21/h19-20H,5-18H2,1-4H3. The molecule has 4 heterocycles. The second-order valence-corrected chi connectivity index (χ2v) is 10.5. The van der Waals surface area contributed by atoms with Crippen LogP contribution in [0.2, 0.25) is 0 Å². The molecule has 0 aromatic rings. The number of nitrogens with zero attached hydrogens (tertiary/aromatic N) is 4. The Kier molecular flexibility index (Phi) is 5.42. The third-order valence-corrected chi connectivity index (χ3v) is 8.37. The Balaban J connectivity index is 1.36. The van der Waals surface area contributed by atoms with Gasteiger partial charge in [-0.2, -0.15) is 0 Å². The number of likely N-dealkylation sites (tertiary alicyclic amines) is 4. The molecule has 0 bridgehead atoms. The fourth-order valence-corrected chi connectivity index (χ4v) is 6.86. The Bertz CT molecular complexity index is 475. The molecule has 4 aliphatic rings. The van der Waals surface area contributed by atoms with E-state index in [0.717, 1.165) is 6.04 Å². The lowest BCUT2D eigenvalue weighted by atomic mass is 9.77. The predicted octanol–water partition coefficient (Wildman–Crippen LogP) is 2.74. The van der Waals surface area contributed by atoms with Gasteiger partial charge < -0.3 is 14.7 Å². The van der Waals surface area contributed by atoms with E-state index in [1.54, 1.807) is 0 Å². The lowest BCUT2D eigenvalue weighted by molar-refractivity contribution is 0.000586. The third-order valence-electron chi connectivity index (χ3n) is 8.37. The molecule has 1 atom stereocenters. The van der Waals surface area contributed by atoms with Crippen LogP contribution in [0, 0.1) is 5.41 Å². The Hall–Kier alpha value is -0.160. The highest BCUT2D eigenvalue weighted by molar-refractivity contribution is 5.05. The van der Waals surface area contributed by atoms with Crippen LogP contribution in [0.4, 0.5) is 0 Å². The first-order valence-corrected chi connectivity index (χ1v) is 11.3. The Labute approximate surface area is 161 Å². The fraction of sp³-hybridized carbons (Fsp3) is 1.00. The van der Waals surface area contributed by atoms with Gasteiger partial charge in [-0.05, 0) is 111 Å². The van der Waals surface area contributed by atoms with Gasteiger partial charge in [0.05, 0.1) is 0 Å². The summed E-state index contributed by atoms with van der Waals surface area (Å²) < 4.78 is 0. The van der Waals surface area contributed by atoms with Crippen LogP contribution in [0.1, 0.15) is 58.8 Å². The van der Waals surface area contributed by atoms with Gasteiger partial charge in [0.25, 0.3) is 0 Å². The quantitative estimate of drug-likeness (QED) is 0.765. The molecular formula is C22H42N4. The monoisotopic (exact) mass is 362 g/mol. The largest absolute Gasteiger partial charge is 0.306 e. The summed E-state index contributed by atoms with van der Waals surface area (Å²) in [4.78, 5) is 10.9. The van der Waals surface area contributed by atoms with Crippen molar-refractivity contribution in [3.8, 4) is 0 Å². The lowest BCUT2D eigenvalue weighted by Gasteiger charge is -2.49. The summed E-state index contributed by atoms with van der Waals surface area (Å²) in [5, 5.41) is 0. The molecule has 4 aliphatic heterocycles. The summed E-state index contributed by atoms with van der Waals surface area (Å²) in [7, 11) is 4.60. The van der Waals surface area contributed by atoms with Crippen LogP contribution in [-0.4, -0.2) is 97.1 Å². The summed E-state index contributed by atoms with van der Waals surface area (Å²) in [6.07, 6.45) is 9.93. The minimum Gasteiger partial charge on any atom is -0.306 e. The van der Waals surface area contributed by atoms with Gasteiger partial charge in [0.2, 0.25) is 0 Å². The molecule has 2 spiro atoms. The molecule has 0 aromatic heterocycles. The molecule has 4 saturated heterocycles. The van der Waals surface area contributed by atoms with Crippen molar-refractivity contribution in [1.29, 1.82) is 0 Å². The zero-order valence-corrected chi connectivity index (χ0v) is 17.8. The molecule has 0 radical (unpaired) electrons. The molecule has 4 heteroatoms. The number of hydrogen-bond acceptors (Lipinski definition) is 4. The first-order chi connectivity index (χ1) is 12.4. The Morgan fingerprint density at radius 2 is 1.42 bits per heavy atom. The second kappa shape index (κ2) is 7.35. The van der Waals surface area contributed by atoms with Crippen molar-refractivity contribution in [1.82, 2.24) is 19.6 Å². The van der Waals surface area contributed by atoms with E-state index >= 15 is 0 Å². The molecule has 1 unspecified atom stereocenters. The highest BCUT2D eigenvalue weighted by Gasteiger charge is 2.49. The number of piperidine rings is 2. The summed E-state index contributed by atoms with van der Waals surface area (Å²) in [6, 6.07) is 1.48. The number of rotatable bonds is 3. The molecule has 0 saturated carbocycles. The van der Waals surface area contributed by atoms with Crippen molar-refractivity contribution in [2.45, 2.75) is 76.4 Å². The second-order valence-electron chi connectivity index (χ2n) is 10.5. The molecule has 0 aromatic carbocycles. The van der Waals surface area contributed by atoms with Crippen LogP contribution in [0.5, 0.6) is 0 Å². The Morgan fingerprint density at radius 1 is 0.808 bits per heavy atom. The first kappa shape index (κ1) is 19.2. The van der Waals surface area contributed by atoms with E-state index in [9.17, 15) is 0 Å². The topological polar surface area (TPSA) is 13.0 Å². The SMILES string of the molecule is CC(C)N1C(CN2CCC3(CCN(C)C3)CC2)CCC12CCN(C)CC2. The van der Waals surface area contributed by atoms with E-state index in [1.807, 2.05) is 0 Å². The maximum Gasteiger partial charge on any atom is 0.0240 e. The first-order valence-electron chi connectivity index (χ1n) is 11.3. The van der Waals surface area contributed by atoms with Crippen molar-refractivity contribution in [3.63, 3.8) is 0 Å². The van der Waals surface area contributed by atoms with E-state index in [1.165, 1.54) is 90.8 Å². The van der Waals surface area contributed by atoms with Gasteiger partial charge in [-0.3, -0.25) is 4.90 Å². The van der Waals surface area contributed by atoms with Crippen LogP contribution in [-0.2, 0) is 0 Å². The van der Waals surface area contributed by atoms with Crippen LogP contribution < -0.4 is 0 Å². The molecule has 0 aliphatic carbocycles. The van der Waals surface area contributed by atoms with E-state index in [2.05, 4.69) is 47.5 Å². The molecular weight excluding hydrogens is 320 g/mol. The van der Waals surface area contributed by atoms with Gasteiger partial charge in [-0.1, -0.05) is 0 Å².